The van der Waals surface area contributed by atoms with Gasteiger partial charge in [-0.1, -0.05) is 15.9 Å². The number of halogens is 1. The van der Waals surface area contributed by atoms with Gasteiger partial charge in [0.2, 0.25) is 0 Å². The molecule has 0 N–H and O–H groups in total. The van der Waals surface area contributed by atoms with Gasteiger partial charge in [-0.15, -0.1) is 11.3 Å². The summed E-state index contributed by atoms with van der Waals surface area (Å²) < 4.78 is 5.06. The van der Waals surface area contributed by atoms with Crippen LogP contribution in [0.1, 0.15) is 40.5 Å². The molecule has 0 fully saturated rings. The van der Waals surface area contributed by atoms with Crippen molar-refractivity contribution in [3.05, 3.63) is 40.0 Å². The summed E-state index contributed by atoms with van der Waals surface area (Å²) in [5.41, 5.74) is 3.18. The maximum Gasteiger partial charge on any atom is 0.356 e. The van der Waals surface area contributed by atoms with Crippen molar-refractivity contribution in [2.45, 2.75) is 32.7 Å². The third-order valence-electron chi connectivity index (χ3n) is 3.20. The summed E-state index contributed by atoms with van der Waals surface area (Å²) in [7, 11) is 0. The molecular weight excluding hydrogens is 394 g/mol. The third-order valence-corrected chi connectivity index (χ3v) is 5.03. The number of hydrogen-bond acceptors (Lipinski definition) is 6. The monoisotopic (exact) mass is 413 g/mol. The van der Waals surface area contributed by atoms with E-state index >= 15 is 0 Å². The summed E-state index contributed by atoms with van der Waals surface area (Å²) in [4.78, 5) is 28.6. The average molecular weight is 414 g/mol. The molecule has 0 aliphatic rings. The highest BCUT2D eigenvalue weighted by Crippen LogP contribution is 2.33. The molecule has 2 aromatic heterocycles. The average Bonchev–Trinajstić information content (AvgIpc) is 2.96. The van der Waals surface area contributed by atoms with Crippen molar-refractivity contribution < 1.29 is 19.3 Å². The van der Waals surface area contributed by atoms with Gasteiger partial charge in [0.25, 0.3) is 0 Å². The van der Waals surface area contributed by atoms with Crippen LogP contribution in [0.2, 0.25) is 0 Å². The number of pyridine rings is 1. The number of esters is 1. The summed E-state index contributed by atoms with van der Waals surface area (Å²) in [6.45, 7) is 6.93. The van der Waals surface area contributed by atoms with Crippen molar-refractivity contribution >= 4 is 33.2 Å². The van der Waals surface area contributed by atoms with Crippen LogP contribution in [0.25, 0.3) is 10.4 Å². The van der Waals surface area contributed by atoms with Crippen LogP contribution in [-0.2, 0) is 26.4 Å². The lowest BCUT2D eigenvalue weighted by Crippen LogP contribution is -2.08. The number of aryl methyl sites for hydroxylation is 1. The van der Waals surface area contributed by atoms with Gasteiger partial charge in [0.05, 0.1) is 18.9 Å². The maximum atomic E-state index is 12.0. The second-order valence-corrected chi connectivity index (χ2v) is 6.67. The van der Waals surface area contributed by atoms with Crippen LogP contribution < -0.4 is 0 Å². The number of hydrogen-bond donors (Lipinski definition) is 0. The highest BCUT2D eigenvalue weighted by molar-refractivity contribution is 9.08. The Morgan fingerprint density at radius 3 is 2.67 bits per heavy atom. The molecule has 0 saturated carbocycles. The first kappa shape index (κ1) is 19.1. The van der Waals surface area contributed by atoms with Gasteiger partial charge in [-0.05, 0) is 50.1 Å². The van der Waals surface area contributed by atoms with Gasteiger partial charge in [0, 0.05) is 15.1 Å². The van der Waals surface area contributed by atoms with E-state index in [1.165, 1.54) is 0 Å². The summed E-state index contributed by atoms with van der Waals surface area (Å²) >= 11 is 5.02. The van der Waals surface area contributed by atoms with Gasteiger partial charge in [-0.2, -0.15) is 0 Å². The number of aromatic nitrogens is 1. The van der Waals surface area contributed by atoms with Crippen LogP contribution in [0.5, 0.6) is 0 Å². The Labute approximate surface area is 154 Å². The van der Waals surface area contributed by atoms with E-state index in [0.717, 1.165) is 26.6 Å². The van der Waals surface area contributed by atoms with Crippen LogP contribution in [0.3, 0.4) is 0 Å². The highest BCUT2D eigenvalue weighted by atomic mass is 79.9. The van der Waals surface area contributed by atoms with Crippen LogP contribution >= 0.6 is 27.3 Å². The number of rotatable bonds is 8. The molecule has 2 aromatic rings. The normalized spacial score (nSPS) is 10.8. The summed E-state index contributed by atoms with van der Waals surface area (Å²) in [6, 6.07) is 5.82. The van der Waals surface area contributed by atoms with E-state index in [1.807, 2.05) is 19.9 Å². The van der Waals surface area contributed by atoms with Gasteiger partial charge in [0.15, 0.2) is 0 Å². The Morgan fingerprint density at radius 1 is 1.21 bits per heavy atom. The number of nitrogens with zero attached hydrogens (tertiary/aromatic N) is 1. The zero-order valence-corrected chi connectivity index (χ0v) is 16.3. The molecule has 0 aliphatic carbocycles. The first-order valence-corrected chi connectivity index (χ1v) is 9.61. The first-order chi connectivity index (χ1) is 11.6. The second kappa shape index (κ2) is 9.27. The van der Waals surface area contributed by atoms with Gasteiger partial charge in [-0.25, -0.2) is 19.6 Å². The minimum atomic E-state index is -0.408. The fraction of sp³-hybridized carbons (Fsp3) is 0.412. The number of ether oxygens (including phenoxy) is 1. The quantitative estimate of drug-likeness (QED) is 0.207. The highest BCUT2D eigenvalue weighted by Gasteiger charge is 2.15. The summed E-state index contributed by atoms with van der Waals surface area (Å²) in [5.74, 6) is -0.408. The predicted octanol–water partition coefficient (Wildman–Crippen LogP) is 4.66. The van der Waals surface area contributed by atoms with E-state index in [4.69, 9.17) is 14.5 Å². The fourth-order valence-electron chi connectivity index (χ4n) is 2.09. The van der Waals surface area contributed by atoms with Crippen molar-refractivity contribution in [1.29, 1.82) is 0 Å². The molecular formula is C17H20BrNO4S. The zero-order valence-electron chi connectivity index (χ0n) is 13.9. The Bertz CT molecular complexity index is 702. The molecule has 0 bridgehead atoms. The Kier molecular flexibility index (Phi) is 7.36. The number of alkyl halides is 1. The number of carbonyl (C=O) groups excluding carboxylic acids is 1. The lowest BCUT2D eigenvalue weighted by atomic mass is 10.1. The van der Waals surface area contributed by atoms with Gasteiger partial charge in [-0.3, -0.25) is 0 Å². The summed E-state index contributed by atoms with van der Waals surface area (Å²) in [6.07, 6.45) is 0. The standard InChI is InChI=1S/C17H20BrNO4S/c1-4-21-17(20)14-8-12(7-13(9-18)19-14)15-6-11(3)16(24-15)10-23-22-5-2/h6-8H,4-5,9-10H2,1-3H3. The van der Waals surface area contributed by atoms with Crippen molar-refractivity contribution in [3.8, 4) is 10.4 Å². The van der Waals surface area contributed by atoms with Crippen molar-refractivity contribution in [2.75, 3.05) is 13.2 Å². The van der Waals surface area contributed by atoms with Crippen LogP contribution in [0.4, 0.5) is 0 Å². The molecule has 0 aromatic carbocycles. The van der Waals surface area contributed by atoms with E-state index in [9.17, 15) is 4.79 Å². The van der Waals surface area contributed by atoms with Crippen LogP contribution in [0, 0.1) is 6.92 Å². The SMILES string of the molecule is CCOOCc1sc(-c2cc(CBr)nc(C(=O)OCC)c2)cc1C. The largest absolute Gasteiger partial charge is 0.461 e. The molecule has 130 valence electrons. The Balaban J connectivity index is 2.32. The first-order valence-electron chi connectivity index (χ1n) is 7.67. The van der Waals surface area contributed by atoms with Crippen molar-refractivity contribution in [3.63, 3.8) is 0 Å². The molecule has 0 unspecified atom stereocenters. The van der Waals surface area contributed by atoms with E-state index in [0.29, 0.717) is 30.8 Å². The van der Waals surface area contributed by atoms with Gasteiger partial charge in [0.1, 0.15) is 12.3 Å². The number of carbonyl (C=O) groups is 1. The predicted molar refractivity (Wildman–Crippen MR) is 97.3 cm³/mol. The van der Waals surface area contributed by atoms with E-state index in [-0.39, 0.29) is 0 Å². The molecule has 0 spiro atoms. The molecule has 2 rings (SSSR count). The van der Waals surface area contributed by atoms with Crippen molar-refractivity contribution in [2.24, 2.45) is 0 Å². The number of thiophene rings is 1. The molecule has 24 heavy (non-hydrogen) atoms. The molecule has 0 radical (unpaired) electrons. The minimum Gasteiger partial charge on any atom is -0.461 e. The van der Waals surface area contributed by atoms with Crippen LogP contribution in [0.15, 0.2) is 18.2 Å². The second-order valence-electron chi connectivity index (χ2n) is 4.97. The summed E-state index contributed by atoms with van der Waals surface area (Å²) in [5, 5.41) is 0.567. The lowest BCUT2D eigenvalue weighted by molar-refractivity contribution is -0.300. The van der Waals surface area contributed by atoms with E-state index in [2.05, 4.69) is 27.0 Å². The molecule has 0 saturated heterocycles. The Hall–Kier alpha value is -1.28. The molecule has 0 aliphatic heterocycles. The minimum absolute atomic E-state index is 0.321. The molecule has 2 heterocycles. The zero-order chi connectivity index (χ0) is 17.5. The maximum absolute atomic E-state index is 12.0. The van der Waals surface area contributed by atoms with E-state index in [1.54, 1.807) is 24.3 Å². The van der Waals surface area contributed by atoms with Gasteiger partial charge < -0.3 is 4.74 Å². The molecule has 7 heteroatoms. The molecule has 5 nitrogen and oxygen atoms in total. The molecule has 0 amide bonds. The van der Waals surface area contributed by atoms with Crippen molar-refractivity contribution in [1.82, 2.24) is 4.98 Å². The smallest absolute Gasteiger partial charge is 0.356 e. The van der Waals surface area contributed by atoms with Gasteiger partial charge >= 0.3 is 5.97 Å². The Morgan fingerprint density at radius 2 is 2.00 bits per heavy atom. The van der Waals surface area contributed by atoms with Crippen LogP contribution in [-0.4, -0.2) is 24.2 Å². The lowest BCUT2D eigenvalue weighted by Gasteiger charge is -2.06. The van der Waals surface area contributed by atoms with E-state index < -0.39 is 5.97 Å². The molecule has 0 atom stereocenters. The topological polar surface area (TPSA) is 57.7 Å². The fourth-order valence-corrected chi connectivity index (χ4v) is 3.44. The third kappa shape index (κ3) is 4.86.